The Bertz CT molecular complexity index is 336. The van der Waals surface area contributed by atoms with Crippen molar-refractivity contribution in [1.29, 1.82) is 0 Å². The third-order valence-corrected chi connectivity index (χ3v) is 3.41. The second kappa shape index (κ2) is 5.57. The van der Waals surface area contributed by atoms with Crippen molar-refractivity contribution in [3.8, 4) is 0 Å². The molecule has 0 saturated heterocycles. The van der Waals surface area contributed by atoms with Gasteiger partial charge in [-0.2, -0.15) is 0 Å². The highest BCUT2D eigenvalue weighted by molar-refractivity contribution is 9.10. The van der Waals surface area contributed by atoms with Crippen molar-refractivity contribution in [1.82, 2.24) is 0 Å². The first-order chi connectivity index (χ1) is 6.67. The number of allylic oxidation sites excluding steroid dienone is 1. The van der Waals surface area contributed by atoms with Crippen molar-refractivity contribution in [2.24, 2.45) is 0 Å². The Kier molecular flexibility index (Phi) is 4.70. The Morgan fingerprint density at radius 1 is 1.50 bits per heavy atom. The average molecular weight is 274 g/mol. The summed E-state index contributed by atoms with van der Waals surface area (Å²) in [7, 11) is 0. The number of aryl methyl sites for hydroxylation is 1. The lowest BCUT2D eigenvalue weighted by atomic mass is 10.1. The maximum atomic E-state index is 5.81. The molecule has 0 nitrogen and oxygen atoms in total. The van der Waals surface area contributed by atoms with Gasteiger partial charge < -0.3 is 0 Å². The monoisotopic (exact) mass is 272 g/mol. The molecule has 0 radical (unpaired) electrons. The van der Waals surface area contributed by atoms with Crippen molar-refractivity contribution < 1.29 is 0 Å². The highest BCUT2D eigenvalue weighted by atomic mass is 79.9. The molecule has 2 heteroatoms. The van der Waals surface area contributed by atoms with E-state index in [1.807, 2.05) is 0 Å². The molecule has 0 heterocycles. The first kappa shape index (κ1) is 11.8. The minimum absolute atomic E-state index is 0.617. The second-order valence-electron chi connectivity index (χ2n) is 3.30. The maximum absolute atomic E-state index is 5.81. The SMILES string of the molecule is CCC(=Cc1ccc(Br)c(C)c1)CCl. The van der Waals surface area contributed by atoms with Crippen LogP contribution < -0.4 is 0 Å². The molecule has 14 heavy (non-hydrogen) atoms. The van der Waals surface area contributed by atoms with Gasteiger partial charge in [0.2, 0.25) is 0 Å². The Morgan fingerprint density at radius 2 is 2.21 bits per heavy atom. The first-order valence-corrected chi connectivity index (χ1v) is 6.01. The molecule has 0 saturated carbocycles. The second-order valence-corrected chi connectivity index (χ2v) is 4.42. The van der Waals surface area contributed by atoms with E-state index in [0.29, 0.717) is 5.88 Å². The van der Waals surface area contributed by atoms with Gasteiger partial charge in [-0.05, 0) is 30.5 Å². The summed E-state index contributed by atoms with van der Waals surface area (Å²) < 4.78 is 1.15. The average Bonchev–Trinajstić information content (AvgIpc) is 2.19. The molecule has 0 amide bonds. The van der Waals surface area contributed by atoms with E-state index in [1.54, 1.807) is 0 Å². The Hall–Kier alpha value is -0.270. The van der Waals surface area contributed by atoms with Gasteiger partial charge in [-0.15, -0.1) is 11.6 Å². The maximum Gasteiger partial charge on any atom is 0.0436 e. The van der Waals surface area contributed by atoms with Gasteiger partial charge in [-0.25, -0.2) is 0 Å². The van der Waals surface area contributed by atoms with Gasteiger partial charge in [0.15, 0.2) is 0 Å². The fourth-order valence-electron chi connectivity index (χ4n) is 1.23. The molecule has 0 N–H and O–H groups in total. The fourth-order valence-corrected chi connectivity index (χ4v) is 1.74. The molecule has 0 aliphatic carbocycles. The van der Waals surface area contributed by atoms with Crippen LogP contribution in [0.1, 0.15) is 24.5 Å². The lowest BCUT2D eigenvalue weighted by molar-refractivity contribution is 1.12. The van der Waals surface area contributed by atoms with E-state index in [2.05, 4.69) is 54.1 Å². The molecule has 0 aromatic heterocycles. The van der Waals surface area contributed by atoms with Crippen molar-refractivity contribution in [2.45, 2.75) is 20.3 Å². The van der Waals surface area contributed by atoms with Gasteiger partial charge >= 0.3 is 0 Å². The summed E-state index contributed by atoms with van der Waals surface area (Å²) in [6, 6.07) is 6.33. The molecule has 0 bridgehead atoms. The van der Waals surface area contributed by atoms with E-state index in [-0.39, 0.29) is 0 Å². The van der Waals surface area contributed by atoms with E-state index in [0.717, 1.165) is 10.9 Å². The van der Waals surface area contributed by atoms with Gasteiger partial charge in [0.25, 0.3) is 0 Å². The number of hydrogen-bond acceptors (Lipinski definition) is 0. The van der Waals surface area contributed by atoms with Crippen molar-refractivity contribution in [3.05, 3.63) is 39.4 Å². The van der Waals surface area contributed by atoms with Crippen LogP contribution in [0, 0.1) is 6.92 Å². The predicted molar refractivity (Wildman–Crippen MR) is 67.9 cm³/mol. The van der Waals surface area contributed by atoms with E-state index in [1.165, 1.54) is 16.7 Å². The van der Waals surface area contributed by atoms with E-state index >= 15 is 0 Å². The van der Waals surface area contributed by atoms with Gasteiger partial charge in [0.1, 0.15) is 0 Å². The van der Waals surface area contributed by atoms with Crippen LogP contribution in [0.15, 0.2) is 28.2 Å². The Labute approximate surface area is 99.1 Å². The van der Waals surface area contributed by atoms with Crippen LogP contribution in [0.5, 0.6) is 0 Å². The molecular weight excluding hydrogens is 259 g/mol. The lowest BCUT2D eigenvalue weighted by Crippen LogP contribution is -1.84. The molecule has 0 atom stereocenters. The molecular formula is C12H14BrCl. The van der Waals surface area contributed by atoms with Gasteiger partial charge in [0.05, 0.1) is 0 Å². The summed E-state index contributed by atoms with van der Waals surface area (Å²) in [5.41, 5.74) is 3.75. The standard InChI is InChI=1S/C12H14BrCl/c1-3-10(8-14)7-11-4-5-12(13)9(2)6-11/h4-7H,3,8H2,1-2H3. The Morgan fingerprint density at radius 3 is 2.71 bits per heavy atom. The van der Waals surface area contributed by atoms with Gasteiger partial charge in [0, 0.05) is 10.4 Å². The normalized spacial score (nSPS) is 11.9. The molecule has 0 fully saturated rings. The largest absolute Gasteiger partial charge is 0.122 e. The molecule has 1 aromatic carbocycles. The molecule has 0 spiro atoms. The summed E-state index contributed by atoms with van der Waals surface area (Å²) in [5, 5.41) is 0. The van der Waals surface area contributed by atoms with Gasteiger partial charge in [-0.1, -0.05) is 46.6 Å². The minimum Gasteiger partial charge on any atom is -0.122 e. The van der Waals surface area contributed by atoms with Crippen LogP contribution in [-0.4, -0.2) is 5.88 Å². The quantitative estimate of drug-likeness (QED) is 0.695. The van der Waals surface area contributed by atoms with Crippen LogP contribution in [0.2, 0.25) is 0 Å². The number of hydrogen-bond donors (Lipinski definition) is 0. The number of alkyl halides is 1. The lowest BCUT2D eigenvalue weighted by Gasteiger charge is -2.02. The first-order valence-electron chi connectivity index (χ1n) is 4.69. The molecule has 1 aromatic rings. The molecule has 0 aliphatic rings. The summed E-state index contributed by atoms with van der Waals surface area (Å²) in [4.78, 5) is 0. The van der Waals surface area contributed by atoms with Crippen LogP contribution in [0.25, 0.3) is 6.08 Å². The van der Waals surface area contributed by atoms with E-state index < -0.39 is 0 Å². The number of benzene rings is 1. The van der Waals surface area contributed by atoms with Crippen LogP contribution >= 0.6 is 27.5 Å². The van der Waals surface area contributed by atoms with Crippen molar-refractivity contribution in [2.75, 3.05) is 5.88 Å². The summed E-state index contributed by atoms with van der Waals surface area (Å²) in [6.45, 7) is 4.22. The van der Waals surface area contributed by atoms with Crippen LogP contribution in [0.3, 0.4) is 0 Å². The third kappa shape index (κ3) is 3.14. The molecule has 0 aliphatic heterocycles. The Balaban J connectivity index is 2.97. The highest BCUT2D eigenvalue weighted by Gasteiger charge is 1.96. The third-order valence-electron chi connectivity index (χ3n) is 2.18. The zero-order valence-corrected chi connectivity index (χ0v) is 10.8. The van der Waals surface area contributed by atoms with Gasteiger partial charge in [-0.3, -0.25) is 0 Å². The van der Waals surface area contributed by atoms with E-state index in [9.17, 15) is 0 Å². The number of halogens is 2. The smallest absolute Gasteiger partial charge is 0.0436 e. The van der Waals surface area contributed by atoms with Crippen molar-refractivity contribution in [3.63, 3.8) is 0 Å². The summed E-state index contributed by atoms with van der Waals surface area (Å²) in [6.07, 6.45) is 3.17. The molecule has 1 rings (SSSR count). The topological polar surface area (TPSA) is 0 Å². The van der Waals surface area contributed by atoms with Crippen LogP contribution in [0.4, 0.5) is 0 Å². The zero-order chi connectivity index (χ0) is 10.6. The zero-order valence-electron chi connectivity index (χ0n) is 8.48. The fraction of sp³-hybridized carbons (Fsp3) is 0.333. The molecule has 0 unspecified atom stereocenters. The van der Waals surface area contributed by atoms with Crippen molar-refractivity contribution >= 4 is 33.6 Å². The van der Waals surface area contributed by atoms with E-state index in [4.69, 9.17) is 11.6 Å². The van der Waals surface area contributed by atoms with Crippen LogP contribution in [-0.2, 0) is 0 Å². The number of rotatable bonds is 3. The molecule has 76 valence electrons. The summed E-state index contributed by atoms with van der Waals surface area (Å²) in [5.74, 6) is 0.617. The minimum atomic E-state index is 0.617. The highest BCUT2D eigenvalue weighted by Crippen LogP contribution is 2.19. The predicted octanol–water partition coefficient (Wildman–Crippen LogP) is 4.79. The summed E-state index contributed by atoms with van der Waals surface area (Å²) >= 11 is 9.29.